The molecular formula is C10H9N5OS. The Labute approximate surface area is 102 Å². The molecule has 0 radical (unpaired) electrons. The van der Waals surface area contributed by atoms with Gasteiger partial charge in [0.2, 0.25) is 11.1 Å². The molecule has 0 fully saturated rings. The molecule has 0 aliphatic heterocycles. The Morgan fingerprint density at radius 1 is 1.47 bits per heavy atom. The molecule has 1 heterocycles. The maximum atomic E-state index is 11.2. The van der Waals surface area contributed by atoms with Crippen molar-refractivity contribution in [3.8, 4) is 0 Å². The first kappa shape index (κ1) is 11.3. The summed E-state index contributed by atoms with van der Waals surface area (Å²) in [6.45, 7) is 3.40. The Balaban J connectivity index is 2.21. The van der Waals surface area contributed by atoms with Crippen LogP contribution in [0, 0.1) is 0 Å². The molecule has 7 heteroatoms. The van der Waals surface area contributed by atoms with E-state index >= 15 is 0 Å². The maximum absolute atomic E-state index is 11.2. The van der Waals surface area contributed by atoms with Gasteiger partial charge in [-0.15, -0.1) is 5.10 Å². The first-order chi connectivity index (χ1) is 8.29. The first-order valence-electron chi connectivity index (χ1n) is 4.73. The lowest BCUT2D eigenvalue weighted by molar-refractivity contribution is -0.111. The SMILES string of the molecule is C=CC(=O)Nc1ccccc1Sc1nnn[nH]1. The third-order valence-electron chi connectivity index (χ3n) is 1.86. The number of carbonyl (C=O) groups is 1. The summed E-state index contributed by atoms with van der Waals surface area (Å²) in [5.74, 6) is -0.256. The molecule has 0 atom stereocenters. The minimum Gasteiger partial charge on any atom is -0.321 e. The fourth-order valence-electron chi connectivity index (χ4n) is 1.14. The summed E-state index contributed by atoms with van der Waals surface area (Å²) in [5, 5.41) is 16.6. The lowest BCUT2D eigenvalue weighted by Gasteiger charge is -2.07. The van der Waals surface area contributed by atoms with Gasteiger partial charge in [0, 0.05) is 4.90 Å². The number of H-pyrrole nitrogens is 1. The van der Waals surface area contributed by atoms with E-state index in [1.165, 1.54) is 17.8 Å². The molecule has 2 N–H and O–H groups in total. The zero-order chi connectivity index (χ0) is 12.1. The number of aromatic amines is 1. The van der Waals surface area contributed by atoms with Crippen molar-refractivity contribution in [3.05, 3.63) is 36.9 Å². The number of carbonyl (C=O) groups excluding carboxylic acids is 1. The van der Waals surface area contributed by atoms with E-state index in [4.69, 9.17) is 0 Å². The van der Waals surface area contributed by atoms with E-state index < -0.39 is 0 Å². The lowest BCUT2D eigenvalue weighted by atomic mass is 10.3. The van der Waals surface area contributed by atoms with Crippen LogP contribution in [0.3, 0.4) is 0 Å². The van der Waals surface area contributed by atoms with E-state index in [0.29, 0.717) is 10.8 Å². The predicted octanol–water partition coefficient (Wildman–Crippen LogP) is 1.48. The van der Waals surface area contributed by atoms with Gasteiger partial charge >= 0.3 is 0 Å². The highest BCUT2D eigenvalue weighted by Crippen LogP contribution is 2.30. The van der Waals surface area contributed by atoms with E-state index in [1.54, 1.807) is 6.07 Å². The molecule has 0 aliphatic rings. The molecule has 0 saturated carbocycles. The molecule has 86 valence electrons. The molecule has 1 aromatic heterocycles. The minimum atomic E-state index is -0.256. The fraction of sp³-hybridized carbons (Fsp3) is 0. The third kappa shape index (κ3) is 2.91. The summed E-state index contributed by atoms with van der Waals surface area (Å²) in [6, 6.07) is 7.37. The predicted molar refractivity (Wildman–Crippen MR) is 63.6 cm³/mol. The van der Waals surface area contributed by atoms with Crippen molar-refractivity contribution in [3.63, 3.8) is 0 Å². The Bertz CT molecular complexity index is 525. The van der Waals surface area contributed by atoms with Gasteiger partial charge in [-0.1, -0.05) is 18.7 Å². The van der Waals surface area contributed by atoms with Crippen molar-refractivity contribution in [1.82, 2.24) is 20.6 Å². The number of anilines is 1. The molecule has 17 heavy (non-hydrogen) atoms. The van der Waals surface area contributed by atoms with Gasteiger partial charge in [0.05, 0.1) is 5.69 Å². The summed E-state index contributed by atoms with van der Waals surface area (Å²) in [6.07, 6.45) is 1.22. The van der Waals surface area contributed by atoms with Crippen molar-refractivity contribution < 1.29 is 4.79 Å². The van der Waals surface area contributed by atoms with Crippen LogP contribution < -0.4 is 5.32 Å². The van der Waals surface area contributed by atoms with Crippen LogP contribution in [0.5, 0.6) is 0 Å². The van der Waals surface area contributed by atoms with Crippen LogP contribution in [-0.4, -0.2) is 26.5 Å². The molecular weight excluding hydrogens is 238 g/mol. The smallest absolute Gasteiger partial charge is 0.247 e. The van der Waals surface area contributed by atoms with Gasteiger partial charge in [0.1, 0.15) is 0 Å². The Kier molecular flexibility index (Phi) is 3.51. The Hall–Kier alpha value is -2.15. The van der Waals surface area contributed by atoms with Crippen molar-refractivity contribution in [2.45, 2.75) is 10.1 Å². The molecule has 2 rings (SSSR count). The van der Waals surface area contributed by atoms with E-state index in [1.807, 2.05) is 18.2 Å². The van der Waals surface area contributed by atoms with E-state index in [0.717, 1.165) is 4.90 Å². The van der Waals surface area contributed by atoms with Crippen LogP contribution >= 0.6 is 11.8 Å². The van der Waals surface area contributed by atoms with Crippen LogP contribution in [0.4, 0.5) is 5.69 Å². The highest BCUT2D eigenvalue weighted by molar-refractivity contribution is 7.99. The monoisotopic (exact) mass is 247 g/mol. The largest absolute Gasteiger partial charge is 0.321 e. The van der Waals surface area contributed by atoms with Crippen LogP contribution in [-0.2, 0) is 4.79 Å². The molecule has 2 aromatic rings. The van der Waals surface area contributed by atoms with Crippen LogP contribution in [0.2, 0.25) is 0 Å². The minimum absolute atomic E-state index is 0.256. The topological polar surface area (TPSA) is 83.6 Å². The molecule has 1 aromatic carbocycles. The fourth-order valence-corrected chi connectivity index (χ4v) is 1.89. The number of para-hydroxylation sites is 1. The van der Waals surface area contributed by atoms with Crippen LogP contribution in [0.1, 0.15) is 0 Å². The second-order valence-electron chi connectivity index (χ2n) is 3.00. The van der Waals surface area contributed by atoms with Crippen molar-refractivity contribution in [2.24, 2.45) is 0 Å². The first-order valence-corrected chi connectivity index (χ1v) is 5.55. The zero-order valence-electron chi connectivity index (χ0n) is 8.75. The van der Waals surface area contributed by atoms with Gasteiger partial charge in [0.25, 0.3) is 0 Å². The molecule has 0 unspecified atom stereocenters. The summed E-state index contributed by atoms with van der Waals surface area (Å²) >= 11 is 1.33. The van der Waals surface area contributed by atoms with Crippen LogP contribution in [0.15, 0.2) is 47.0 Å². The molecule has 0 saturated heterocycles. The number of hydrogen-bond acceptors (Lipinski definition) is 5. The number of hydrogen-bond donors (Lipinski definition) is 2. The molecule has 0 spiro atoms. The third-order valence-corrected chi connectivity index (χ3v) is 2.81. The van der Waals surface area contributed by atoms with Gasteiger partial charge in [-0.25, -0.2) is 5.10 Å². The molecule has 0 bridgehead atoms. The summed E-state index contributed by atoms with van der Waals surface area (Å²) < 4.78 is 0. The van der Waals surface area contributed by atoms with Crippen molar-refractivity contribution >= 4 is 23.4 Å². The van der Waals surface area contributed by atoms with Crippen molar-refractivity contribution in [1.29, 1.82) is 0 Å². The van der Waals surface area contributed by atoms with Crippen LogP contribution in [0.25, 0.3) is 0 Å². The number of nitrogens with zero attached hydrogens (tertiary/aromatic N) is 3. The summed E-state index contributed by atoms with van der Waals surface area (Å²) in [7, 11) is 0. The number of nitrogens with one attached hydrogen (secondary N) is 2. The second kappa shape index (κ2) is 5.26. The quantitative estimate of drug-likeness (QED) is 0.799. The number of aromatic nitrogens is 4. The van der Waals surface area contributed by atoms with Gasteiger partial charge < -0.3 is 5.32 Å². The molecule has 1 amide bonds. The zero-order valence-corrected chi connectivity index (χ0v) is 9.57. The van der Waals surface area contributed by atoms with E-state index in [-0.39, 0.29) is 5.91 Å². The Morgan fingerprint density at radius 3 is 3.00 bits per heavy atom. The lowest BCUT2D eigenvalue weighted by Crippen LogP contribution is -2.07. The van der Waals surface area contributed by atoms with Gasteiger partial charge in [-0.3, -0.25) is 4.79 Å². The number of rotatable bonds is 4. The molecule has 6 nitrogen and oxygen atoms in total. The highest BCUT2D eigenvalue weighted by Gasteiger charge is 2.07. The highest BCUT2D eigenvalue weighted by atomic mass is 32.2. The maximum Gasteiger partial charge on any atom is 0.247 e. The van der Waals surface area contributed by atoms with Gasteiger partial charge in [-0.05, 0) is 40.4 Å². The summed E-state index contributed by atoms with van der Waals surface area (Å²) in [4.78, 5) is 12.1. The van der Waals surface area contributed by atoms with Gasteiger partial charge in [0.15, 0.2) is 0 Å². The average molecular weight is 247 g/mol. The van der Waals surface area contributed by atoms with Gasteiger partial charge in [-0.2, -0.15) is 0 Å². The standard InChI is InChI=1S/C10H9N5OS/c1-2-9(16)11-7-5-3-4-6-8(7)17-10-12-14-15-13-10/h2-6H,1H2,(H,11,16)(H,12,13,14,15). The normalized spacial score (nSPS) is 9.88. The average Bonchev–Trinajstić information content (AvgIpc) is 2.84. The summed E-state index contributed by atoms with van der Waals surface area (Å²) in [5.41, 5.74) is 0.693. The number of amides is 1. The number of tetrazole rings is 1. The molecule has 0 aliphatic carbocycles. The van der Waals surface area contributed by atoms with Crippen molar-refractivity contribution in [2.75, 3.05) is 5.32 Å². The van der Waals surface area contributed by atoms with E-state index in [9.17, 15) is 4.79 Å². The Morgan fingerprint density at radius 2 is 2.29 bits per heavy atom. The second-order valence-corrected chi connectivity index (χ2v) is 4.03. The van der Waals surface area contributed by atoms with E-state index in [2.05, 4.69) is 32.5 Å². The number of benzene rings is 1.